The predicted octanol–water partition coefficient (Wildman–Crippen LogP) is 3.10. The van der Waals surface area contributed by atoms with Crippen molar-refractivity contribution in [2.75, 3.05) is 14.1 Å². The lowest BCUT2D eigenvalue weighted by Crippen LogP contribution is -2.23. The predicted molar refractivity (Wildman–Crippen MR) is 70.5 cm³/mol. The third kappa shape index (κ3) is 2.83. The number of hydrogen-bond donors (Lipinski definition) is 0. The van der Waals surface area contributed by atoms with Gasteiger partial charge in [0, 0.05) is 24.5 Å². The average molecular weight is 235 g/mol. The highest BCUT2D eigenvalue weighted by atomic mass is 32.1. The fourth-order valence-electron chi connectivity index (χ4n) is 1.27. The molecule has 0 saturated carbocycles. The first kappa shape index (κ1) is 12.7. The van der Waals surface area contributed by atoms with E-state index in [4.69, 9.17) is 0 Å². The van der Waals surface area contributed by atoms with Crippen molar-refractivity contribution in [3.05, 3.63) is 39.6 Å². The summed E-state index contributed by atoms with van der Waals surface area (Å²) in [6, 6.07) is 2.05. The Bertz CT molecular complexity index is 441. The van der Waals surface area contributed by atoms with E-state index in [0.29, 0.717) is 5.57 Å². The molecule has 1 aromatic rings. The molecule has 0 bridgehead atoms. The van der Waals surface area contributed by atoms with Crippen LogP contribution in [0, 0.1) is 6.92 Å². The Labute approximate surface area is 101 Å². The van der Waals surface area contributed by atoms with Gasteiger partial charge in [-0.15, -0.1) is 11.3 Å². The van der Waals surface area contributed by atoms with E-state index in [1.54, 1.807) is 30.3 Å². The smallest absolute Gasteiger partial charge is 0.253 e. The van der Waals surface area contributed by atoms with Crippen LogP contribution in [-0.4, -0.2) is 24.9 Å². The number of likely N-dealkylation sites (N-methyl/N-ethyl adjacent to an activating group) is 1. The number of amides is 1. The first-order valence-electron chi connectivity index (χ1n) is 5.06. The summed E-state index contributed by atoms with van der Waals surface area (Å²) in [6.45, 7) is 7.76. The second-order valence-electron chi connectivity index (χ2n) is 4.01. The molecule has 0 saturated heterocycles. The van der Waals surface area contributed by atoms with Crippen LogP contribution in [0.15, 0.2) is 29.2 Å². The summed E-state index contributed by atoms with van der Waals surface area (Å²) in [5.74, 6) is 0.000278. The second-order valence-corrected chi connectivity index (χ2v) is 4.95. The zero-order valence-electron chi connectivity index (χ0n) is 10.2. The molecule has 0 N–H and O–H groups in total. The van der Waals surface area contributed by atoms with Crippen LogP contribution in [0.2, 0.25) is 0 Å². The molecule has 0 fully saturated rings. The largest absolute Gasteiger partial charge is 0.345 e. The van der Waals surface area contributed by atoms with Crippen molar-refractivity contribution in [3.8, 4) is 0 Å². The monoisotopic (exact) mass is 235 g/mol. The van der Waals surface area contributed by atoms with Crippen molar-refractivity contribution in [2.45, 2.75) is 13.8 Å². The van der Waals surface area contributed by atoms with Gasteiger partial charge in [0.1, 0.15) is 0 Å². The topological polar surface area (TPSA) is 20.3 Å². The van der Waals surface area contributed by atoms with Gasteiger partial charge < -0.3 is 4.90 Å². The minimum atomic E-state index is 0.000278. The van der Waals surface area contributed by atoms with Gasteiger partial charge in [0.15, 0.2) is 0 Å². The van der Waals surface area contributed by atoms with Crippen molar-refractivity contribution in [3.63, 3.8) is 0 Å². The molecule has 86 valence electrons. The highest BCUT2D eigenvalue weighted by Gasteiger charge is 2.13. The van der Waals surface area contributed by atoms with Crippen LogP contribution in [0.25, 0.3) is 6.08 Å². The zero-order chi connectivity index (χ0) is 12.3. The van der Waals surface area contributed by atoms with Gasteiger partial charge in [-0.2, -0.15) is 0 Å². The molecular formula is C13H17NOS. The van der Waals surface area contributed by atoms with Gasteiger partial charge in [-0.25, -0.2) is 0 Å². The molecule has 0 radical (unpaired) electrons. The average Bonchev–Trinajstić information content (AvgIpc) is 2.59. The molecule has 1 aromatic heterocycles. The number of hydrogen-bond acceptors (Lipinski definition) is 2. The molecule has 0 unspecified atom stereocenters. The zero-order valence-corrected chi connectivity index (χ0v) is 11.0. The SMILES string of the molecule is C=C(C)/C(=C\c1sccc1C)C(=O)N(C)C. The van der Waals surface area contributed by atoms with E-state index in [1.165, 1.54) is 5.56 Å². The molecule has 0 spiro atoms. The van der Waals surface area contributed by atoms with Crippen molar-refractivity contribution in [1.29, 1.82) is 0 Å². The van der Waals surface area contributed by atoms with Crippen molar-refractivity contribution in [2.24, 2.45) is 0 Å². The van der Waals surface area contributed by atoms with E-state index < -0.39 is 0 Å². The number of nitrogens with zero attached hydrogens (tertiary/aromatic N) is 1. The van der Waals surface area contributed by atoms with Crippen LogP contribution >= 0.6 is 11.3 Å². The van der Waals surface area contributed by atoms with Crippen LogP contribution in [0.1, 0.15) is 17.4 Å². The van der Waals surface area contributed by atoms with E-state index in [0.717, 1.165) is 10.5 Å². The van der Waals surface area contributed by atoms with E-state index in [2.05, 4.69) is 6.58 Å². The summed E-state index contributed by atoms with van der Waals surface area (Å²) >= 11 is 1.64. The van der Waals surface area contributed by atoms with Crippen LogP contribution in [0.4, 0.5) is 0 Å². The lowest BCUT2D eigenvalue weighted by Gasteiger charge is -2.13. The number of aryl methyl sites for hydroxylation is 1. The van der Waals surface area contributed by atoms with Gasteiger partial charge in [-0.1, -0.05) is 6.58 Å². The summed E-state index contributed by atoms with van der Waals surface area (Å²) in [5, 5.41) is 2.03. The summed E-state index contributed by atoms with van der Waals surface area (Å²) in [4.78, 5) is 14.6. The first-order chi connectivity index (χ1) is 7.43. The molecule has 16 heavy (non-hydrogen) atoms. The summed E-state index contributed by atoms with van der Waals surface area (Å²) in [5.41, 5.74) is 2.66. The molecule has 1 amide bonds. The number of carbonyl (C=O) groups is 1. The molecule has 1 rings (SSSR count). The summed E-state index contributed by atoms with van der Waals surface area (Å²) in [7, 11) is 3.50. The Morgan fingerprint density at radius 3 is 2.50 bits per heavy atom. The molecule has 0 aliphatic carbocycles. The fraction of sp³-hybridized carbons (Fsp3) is 0.308. The number of thiophene rings is 1. The standard InChI is InChI=1S/C13H17NOS/c1-9(2)11(13(15)14(4)5)8-12-10(3)6-7-16-12/h6-8H,1H2,2-5H3/b11-8+. The molecular weight excluding hydrogens is 218 g/mol. The van der Waals surface area contributed by atoms with E-state index >= 15 is 0 Å². The van der Waals surface area contributed by atoms with Crippen molar-refractivity contribution >= 4 is 23.3 Å². The van der Waals surface area contributed by atoms with Gasteiger partial charge in [0.25, 0.3) is 5.91 Å². The maximum atomic E-state index is 11.9. The summed E-state index contributed by atoms with van der Waals surface area (Å²) < 4.78 is 0. The van der Waals surface area contributed by atoms with E-state index in [1.807, 2.05) is 31.4 Å². The molecule has 0 atom stereocenters. The van der Waals surface area contributed by atoms with Crippen molar-refractivity contribution < 1.29 is 4.79 Å². The Morgan fingerprint density at radius 2 is 2.12 bits per heavy atom. The third-order valence-electron chi connectivity index (χ3n) is 2.27. The quantitative estimate of drug-likeness (QED) is 0.582. The van der Waals surface area contributed by atoms with E-state index in [-0.39, 0.29) is 5.91 Å². The number of rotatable bonds is 3. The van der Waals surface area contributed by atoms with Crippen molar-refractivity contribution in [1.82, 2.24) is 4.90 Å². The van der Waals surface area contributed by atoms with Gasteiger partial charge in [-0.05, 0) is 42.5 Å². The maximum absolute atomic E-state index is 11.9. The normalized spacial score (nSPS) is 11.4. The van der Waals surface area contributed by atoms with E-state index in [9.17, 15) is 4.79 Å². The second kappa shape index (κ2) is 5.12. The minimum absolute atomic E-state index is 0.000278. The van der Waals surface area contributed by atoms with Gasteiger partial charge >= 0.3 is 0 Å². The van der Waals surface area contributed by atoms with Gasteiger partial charge in [-0.3, -0.25) is 4.79 Å². The number of carbonyl (C=O) groups excluding carboxylic acids is 1. The first-order valence-corrected chi connectivity index (χ1v) is 5.94. The Kier molecular flexibility index (Phi) is 4.07. The lowest BCUT2D eigenvalue weighted by atomic mass is 10.1. The molecule has 1 heterocycles. The minimum Gasteiger partial charge on any atom is -0.345 e. The Hall–Kier alpha value is -1.35. The molecule has 2 nitrogen and oxygen atoms in total. The van der Waals surface area contributed by atoms with Gasteiger partial charge in [0.05, 0.1) is 0 Å². The Balaban J connectivity index is 3.13. The third-order valence-corrected chi connectivity index (χ3v) is 3.24. The highest BCUT2D eigenvalue weighted by molar-refractivity contribution is 7.11. The Morgan fingerprint density at radius 1 is 1.50 bits per heavy atom. The van der Waals surface area contributed by atoms with Crippen LogP contribution < -0.4 is 0 Å². The molecule has 0 aliphatic heterocycles. The highest BCUT2D eigenvalue weighted by Crippen LogP contribution is 2.22. The fourth-order valence-corrected chi connectivity index (χ4v) is 2.13. The van der Waals surface area contributed by atoms with Crippen LogP contribution in [0.5, 0.6) is 0 Å². The molecule has 0 aliphatic rings. The maximum Gasteiger partial charge on any atom is 0.253 e. The van der Waals surface area contributed by atoms with Gasteiger partial charge in [0.2, 0.25) is 0 Å². The summed E-state index contributed by atoms with van der Waals surface area (Å²) in [6.07, 6.45) is 1.92. The van der Waals surface area contributed by atoms with Crippen LogP contribution in [0.3, 0.4) is 0 Å². The van der Waals surface area contributed by atoms with Crippen LogP contribution in [-0.2, 0) is 4.79 Å². The molecule has 0 aromatic carbocycles. The lowest BCUT2D eigenvalue weighted by molar-refractivity contribution is -0.124. The molecule has 3 heteroatoms.